The van der Waals surface area contributed by atoms with Crippen LogP contribution in [0, 0.1) is 0 Å². The molecule has 1 aromatic heterocycles. The van der Waals surface area contributed by atoms with Crippen LogP contribution in [0.2, 0.25) is 0 Å². The number of nitrogens with zero attached hydrogens (tertiary/aromatic N) is 1. The Bertz CT molecular complexity index is 1020. The van der Waals surface area contributed by atoms with Crippen molar-refractivity contribution in [3.05, 3.63) is 24.0 Å². The molecule has 31 heavy (non-hydrogen) atoms. The van der Waals surface area contributed by atoms with E-state index in [0.717, 1.165) is 0 Å². The van der Waals surface area contributed by atoms with E-state index in [2.05, 4.69) is 11.9 Å². The molecule has 0 saturated heterocycles. The average Bonchev–Trinajstić information content (AvgIpc) is 3.12. The first-order valence-corrected chi connectivity index (χ1v) is 13.8. The number of Topliss-reactive ketones (excluding diaryl/α,β-unsaturated/α-hetero) is 1. The molecule has 0 spiro atoms. The normalized spacial score (nSPS) is 19.5. The molecular weight excluding hydrogens is 464 g/mol. The Labute approximate surface area is 188 Å². The number of nitrogens with one attached hydrogen (secondary N) is 1. The average molecular weight is 495 g/mol. The van der Waals surface area contributed by atoms with Crippen LogP contribution in [0.3, 0.4) is 0 Å². The Balaban J connectivity index is 2.37. The van der Waals surface area contributed by atoms with Crippen LogP contribution in [-0.4, -0.2) is 72.1 Å². The Morgan fingerprint density at radius 2 is 2.13 bits per heavy atom. The summed E-state index contributed by atoms with van der Waals surface area (Å²) in [6.45, 7) is 9.93. The monoisotopic (exact) mass is 494 g/mol. The van der Waals surface area contributed by atoms with Crippen LogP contribution in [0.5, 0.6) is 0 Å². The van der Waals surface area contributed by atoms with Crippen molar-refractivity contribution in [3.8, 4) is 0 Å². The Hall–Kier alpha value is -1.31. The molecule has 1 aliphatic heterocycles. The van der Waals surface area contributed by atoms with Crippen molar-refractivity contribution in [2.75, 3.05) is 39.1 Å². The zero-order valence-corrected chi connectivity index (χ0v) is 20.7. The number of sulfonamides is 1. The van der Waals surface area contributed by atoms with E-state index in [1.165, 1.54) is 17.3 Å². The summed E-state index contributed by atoms with van der Waals surface area (Å²) in [5, 5.41) is 3.22. The number of hydrogen-bond donors (Lipinski definition) is 1. The summed E-state index contributed by atoms with van der Waals surface area (Å²) in [4.78, 5) is 12.3. The van der Waals surface area contributed by atoms with Crippen molar-refractivity contribution in [1.82, 2.24) is 9.62 Å². The number of thiophene rings is 1. The summed E-state index contributed by atoms with van der Waals surface area (Å²) in [5.74, 6) is -1.09. The number of ether oxygens (including phenoxy) is 2. The minimum atomic E-state index is -4.03. The molecule has 2 rings (SSSR count). The third-order valence-electron chi connectivity index (χ3n) is 4.71. The van der Waals surface area contributed by atoms with Crippen LogP contribution in [0.25, 0.3) is 0 Å². The van der Waals surface area contributed by atoms with Crippen molar-refractivity contribution in [2.45, 2.75) is 47.8 Å². The second kappa shape index (κ2) is 10.5. The smallest absolute Gasteiger partial charge is 0.252 e. The molecule has 2 heterocycles. The van der Waals surface area contributed by atoms with E-state index < -0.39 is 37.5 Å². The first-order valence-electron chi connectivity index (χ1n) is 9.87. The fourth-order valence-corrected chi connectivity index (χ4v) is 8.54. The molecule has 0 aliphatic carbocycles. The molecular formula is C19H30N2O7S3. The molecule has 176 valence electrons. The first kappa shape index (κ1) is 25.9. The summed E-state index contributed by atoms with van der Waals surface area (Å²) < 4.78 is 63.4. The van der Waals surface area contributed by atoms with E-state index in [0.29, 0.717) is 42.2 Å². The van der Waals surface area contributed by atoms with Crippen LogP contribution >= 0.6 is 11.3 Å². The molecule has 0 unspecified atom stereocenters. The Kier molecular flexibility index (Phi) is 8.82. The summed E-state index contributed by atoms with van der Waals surface area (Å²) in [5.41, 5.74) is 0.423. The van der Waals surface area contributed by atoms with Crippen molar-refractivity contribution in [3.63, 3.8) is 0 Å². The second-order valence-electron chi connectivity index (χ2n) is 7.32. The number of allylic oxidation sites excluding steroid dienone is 1. The van der Waals surface area contributed by atoms with Gasteiger partial charge in [-0.25, -0.2) is 16.8 Å². The summed E-state index contributed by atoms with van der Waals surface area (Å²) >= 11 is 0.690. The SMILES string of the molecule is C=C(C)O[C@@H](C)C(=O)CS(=O)(=O)c1cc2c(s1)S(=O)(=O)N(CCCOC)C[C@@H]2NCC. The fraction of sp³-hybridized carbons (Fsp3) is 0.632. The Morgan fingerprint density at radius 3 is 2.71 bits per heavy atom. The molecule has 0 amide bonds. The van der Waals surface area contributed by atoms with Crippen LogP contribution in [-0.2, 0) is 34.1 Å². The molecule has 2 atom stereocenters. The highest BCUT2D eigenvalue weighted by Crippen LogP contribution is 2.40. The van der Waals surface area contributed by atoms with Gasteiger partial charge in [-0.1, -0.05) is 13.5 Å². The van der Waals surface area contributed by atoms with Gasteiger partial charge in [0.25, 0.3) is 10.0 Å². The first-order chi connectivity index (χ1) is 14.4. The van der Waals surface area contributed by atoms with Crippen molar-refractivity contribution < 1.29 is 31.1 Å². The zero-order valence-electron chi connectivity index (χ0n) is 18.2. The molecule has 12 heteroatoms. The Morgan fingerprint density at radius 1 is 1.45 bits per heavy atom. The molecule has 0 bridgehead atoms. The van der Waals surface area contributed by atoms with E-state index in [4.69, 9.17) is 9.47 Å². The maximum Gasteiger partial charge on any atom is 0.252 e. The van der Waals surface area contributed by atoms with Gasteiger partial charge in [0, 0.05) is 38.4 Å². The number of likely N-dealkylation sites (N-methyl/N-ethyl adjacent to an activating group) is 1. The van der Waals surface area contributed by atoms with Crippen LogP contribution < -0.4 is 5.32 Å². The molecule has 0 fully saturated rings. The quantitative estimate of drug-likeness (QED) is 0.345. The topological polar surface area (TPSA) is 119 Å². The predicted molar refractivity (Wildman–Crippen MR) is 118 cm³/mol. The molecule has 9 nitrogen and oxygen atoms in total. The fourth-order valence-electron chi connectivity index (χ4n) is 3.24. The minimum absolute atomic E-state index is 0.000578. The van der Waals surface area contributed by atoms with E-state index in [1.54, 1.807) is 14.0 Å². The van der Waals surface area contributed by atoms with Gasteiger partial charge in [0.05, 0.1) is 5.76 Å². The maximum atomic E-state index is 13.1. The van der Waals surface area contributed by atoms with E-state index in [9.17, 15) is 21.6 Å². The standard InChI is InChI=1S/C19H30N2O7S3/c1-6-20-16-11-21(8-7-9-27-5)31(25,26)19-15(16)10-18(29-19)30(23,24)12-17(22)14(4)28-13(2)3/h10,14,16,20H,2,6-9,11-12H2,1,3-5H3/t14-,16-/m0/s1. The number of fused-ring (bicyclic) bond motifs is 1. The minimum Gasteiger partial charge on any atom is -0.488 e. The van der Waals surface area contributed by atoms with Crippen LogP contribution in [0.15, 0.2) is 26.8 Å². The van der Waals surface area contributed by atoms with E-state index in [-0.39, 0.29) is 27.5 Å². The zero-order chi connectivity index (χ0) is 23.4. The molecule has 0 aromatic carbocycles. The third-order valence-corrected chi connectivity index (χ3v) is 10.5. The van der Waals surface area contributed by atoms with Gasteiger partial charge in [0.1, 0.15) is 14.2 Å². The van der Waals surface area contributed by atoms with E-state index in [1.807, 2.05) is 6.92 Å². The van der Waals surface area contributed by atoms with Crippen LogP contribution in [0.4, 0.5) is 0 Å². The summed E-state index contributed by atoms with van der Waals surface area (Å²) in [6.07, 6.45) is -0.438. The van der Waals surface area contributed by atoms with Gasteiger partial charge in [-0.3, -0.25) is 4.79 Å². The lowest BCUT2D eigenvalue weighted by Crippen LogP contribution is -2.43. The van der Waals surface area contributed by atoms with Gasteiger partial charge in [-0.15, -0.1) is 11.3 Å². The second-order valence-corrected chi connectivity index (χ2v) is 12.7. The highest BCUT2D eigenvalue weighted by Gasteiger charge is 2.40. The van der Waals surface area contributed by atoms with Crippen molar-refractivity contribution >= 4 is 37.0 Å². The summed E-state index contributed by atoms with van der Waals surface area (Å²) in [7, 11) is -6.33. The van der Waals surface area contributed by atoms with Crippen molar-refractivity contribution in [1.29, 1.82) is 0 Å². The maximum absolute atomic E-state index is 13.1. The van der Waals surface area contributed by atoms with Gasteiger partial charge in [-0.05, 0) is 32.9 Å². The van der Waals surface area contributed by atoms with Gasteiger partial charge in [-0.2, -0.15) is 4.31 Å². The molecule has 1 N–H and O–H groups in total. The highest BCUT2D eigenvalue weighted by molar-refractivity contribution is 7.95. The predicted octanol–water partition coefficient (Wildman–Crippen LogP) is 1.72. The number of carbonyl (C=O) groups is 1. The lowest BCUT2D eigenvalue weighted by molar-refractivity contribution is -0.124. The molecule has 1 aliphatic rings. The lowest BCUT2D eigenvalue weighted by atomic mass is 10.1. The molecule has 0 saturated carbocycles. The lowest BCUT2D eigenvalue weighted by Gasteiger charge is -2.32. The van der Waals surface area contributed by atoms with Gasteiger partial charge in [0.15, 0.2) is 21.7 Å². The third kappa shape index (κ3) is 6.14. The number of sulfone groups is 1. The number of methoxy groups -OCH3 is 1. The molecule has 1 aromatic rings. The van der Waals surface area contributed by atoms with Gasteiger partial charge >= 0.3 is 0 Å². The number of rotatable bonds is 12. The molecule has 0 radical (unpaired) electrons. The van der Waals surface area contributed by atoms with Gasteiger partial charge < -0.3 is 14.8 Å². The largest absolute Gasteiger partial charge is 0.488 e. The van der Waals surface area contributed by atoms with Crippen molar-refractivity contribution in [2.24, 2.45) is 0 Å². The number of carbonyl (C=O) groups excluding carboxylic acids is 1. The highest BCUT2D eigenvalue weighted by atomic mass is 32.3. The number of hydrogen-bond acceptors (Lipinski definition) is 9. The number of ketones is 1. The van der Waals surface area contributed by atoms with E-state index >= 15 is 0 Å². The van der Waals surface area contributed by atoms with Crippen LogP contribution in [0.1, 0.15) is 38.8 Å². The summed E-state index contributed by atoms with van der Waals surface area (Å²) in [6, 6.07) is 1.04. The van der Waals surface area contributed by atoms with Gasteiger partial charge in [0.2, 0.25) is 0 Å².